The first-order valence-electron chi connectivity index (χ1n) is 5.21. The van der Waals surface area contributed by atoms with Gasteiger partial charge in [-0.2, -0.15) is 0 Å². The third-order valence-electron chi connectivity index (χ3n) is 2.61. The molecule has 3 nitrogen and oxygen atoms in total. The van der Waals surface area contributed by atoms with Gasteiger partial charge in [0, 0.05) is 23.3 Å². The third-order valence-corrected chi connectivity index (χ3v) is 3.48. The van der Waals surface area contributed by atoms with Crippen molar-refractivity contribution >= 4 is 21.7 Å². The van der Waals surface area contributed by atoms with Crippen LogP contribution >= 0.6 is 11.3 Å². The molecule has 0 amide bonds. The van der Waals surface area contributed by atoms with E-state index in [-0.39, 0.29) is 0 Å². The molecule has 0 aliphatic rings. The molecule has 0 atom stereocenters. The number of hydrogen-bond donors (Lipinski definition) is 0. The van der Waals surface area contributed by atoms with Gasteiger partial charge in [0.25, 0.3) is 0 Å². The zero-order chi connectivity index (χ0) is 11.7. The van der Waals surface area contributed by atoms with Gasteiger partial charge in [0.05, 0.1) is 7.11 Å². The van der Waals surface area contributed by atoms with E-state index in [2.05, 4.69) is 15.3 Å². The first-order valence-corrected chi connectivity index (χ1v) is 6.09. The Labute approximate surface area is 103 Å². The fourth-order valence-corrected chi connectivity index (χ4v) is 2.62. The lowest BCUT2D eigenvalue weighted by molar-refractivity contribution is 0.415. The molecule has 4 heteroatoms. The van der Waals surface area contributed by atoms with E-state index in [0.29, 0.717) is 0 Å². The van der Waals surface area contributed by atoms with Gasteiger partial charge in [-0.25, -0.2) is 4.98 Å². The maximum absolute atomic E-state index is 5.15. The van der Waals surface area contributed by atoms with E-state index in [1.165, 1.54) is 0 Å². The zero-order valence-corrected chi connectivity index (χ0v) is 10.1. The van der Waals surface area contributed by atoms with Crippen molar-refractivity contribution in [3.05, 3.63) is 42.0 Å². The molecule has 3 aromatic rings. The highest BCUT2D eigenvalue weighted by atomic mass is 32.1. The van der Waals surface area contributed by atoms with E-state index in [0.717, 1.165) is 27.2 Å². The van der Waals surface area contributed by atoms with Crippen LogP contribution in [0.25, 0.3) is 21.5 Å². The third kappa shape index (κ3) is 1.76. The Bertz CT molecular complexity index is 646. The van der Waals surface area contributed by atoms with E-state index in [1.54, 1.807) is 30.8 Å². The molecule has 0 N–H and O–H groups in total. The number of aromatic nitrogens is 2. The lowest BCUT2D eigenvalue weighted by Gasteiger charge is -2.01. The number of fused-ring (bicyclic) bond motifs is 1. The predicted octanol–water partition coefficient (Wildman–Crippen LogP) is 3.37. The maximum atomic E-state index is 5.15. The largest absolute Gasteiger partial charge is 0.497 e. The number of hydrogen-bond acceptors (Lipinski definition) is 4. The van der Waals surface area contributed by atoms with Crippen molar-refractivity contribution in [1.29, 1.82) is 0 Å². The summed E-state index contributed by atoms with van der Waals surface area (Å²) in [5.74, 6) is 0.861. The topological polar surface area (TPSA) is 35.0 Å². The van der Waals surface area contributed by atoms with Crippen LogP contribution in [-0.4, -0.2) is 17.1 Å². The Morgan fingerprint density at radius 2 is 1.82 bits per heavy atom. The summed E-state index contributed by atoms with van der Waals surface area (Å²) >= 11 is 1.61. The van der Waals surface area contributed by atoms with Gasteiger partial charge >= 0.3 is 0 Å². The first-order chi connectivity index (χ1) is 8.38. The van der Waals surface area contributed by atoms with Crippen LogP contribution in [0.4, 0.5) is 0 Å². The molecule has 3 rings (SSSR count). The van der Waals surface area contributed by atoms with Crippen LogP contribution in [0, 0.1) is 0 Å². The SMILES string of the molecule is COc1ccc(-c2csc3nccnc23)cc1. The average Bonchev–Trinajstić information content (AvgIpc) is 2.83. The van der Waals surface area contributed by atoms with Gasteiger partial charge in [0.15, 0.2) is 0 Å². The van der Waals surface area contributed by atoms with Crippen LogP contribution in [0.2, 0.25) is 0 Å². The Balaban J connectivity index is 2.13. The number of thiophene rings is 1. The second kappa shape index (κ2) is 4.14. The minimum Gasteiger partial charge on any atom is -0.497 e. The summed E-state index contributed by atoms with van der Waals surface area (Å²) in [4.78, 5) is 9.64. The van der Waals surface area contributed by atoms with E-state index >= 15 is 0 Å². The monoisotopic (exact) mass is 242 g/mol. The minimum atomic E-state index is 0.861. The molecule has 2 aromatic heterocycles. The van der Waals surface area contributed by atoms with E-state index in [1.807, 2.05) is 24.3 Å². The van der Waals surface area contributed by atoms with E-state index in [9.17, 15) is 0 Å². The Hall–Kier alpha value is -1.94. The van der Waals surface area contributed by atoms with Crippen molar-refractivity contribution in [3.8, 4) is 16.9 Å². The minimum absolute atomic E-state index is 0.861. The van der Waals surface area contributed by atoms with Gasteiger partial charge in [-0.15, -0.1) is 11.3 Å². The molecule has 0 fully saturated rings. The summed E-state index contributed by atoms with van der Waals surface area (Å²) in [6, 6.07) is 7.98. The quantitative estimate of drug-likeness (QED) is 0.691. The molecule has 0 saturated carbocycles. The van der Waals surface area contributed by atoms with Crippen molar-refractivity contribution in [2.45, 2.75) is 0 Å². The molecule has 84 valence electrons. The summed E-state index contributed by atoms with van der Waals surface area (Å²) in [6.45, 7) is 0. The number of nitrogens with zero attached hydrogens (tertiary/aromatic N) is 2. The summed E-state index contributed by atoms with van der Waals surface area (Å²) < 4.78 is 5.15. The summed E-state index contributed by atoms with van der Waals surface area (Å²) in [7, 11) is 1.67. The van der Waals surface area contributed by atoms with Gasteiger partial charge in [-0.1, -0.05) is 12.1 Å². The molecular formula is C13H10N2OS. The summed E-state index contributed by atoms with van der Waals surface area (Å²) in [5, 5.41) is 2.09. The van der Waals surface area contributed by atoms with Gasteiger partial charge in [-0.05, 0) is 17.7 Å². The van der Waals surface area contributed by atoms with Gasteiger partial charge in [0.1, 0.15) is 16.1 Å². The normalized spacial score (nSPS) is 10.6. The zero-order valence-electron chi connectivity index (χ0n) is 9.25. The fraction of sp³-hybridized carbons (Fsp3) is 0.0769. The molecule has 0 saturated heterocycles. The van der Waals surface area contributed by atoms with Crippen LogP contribution in [0.3, 0.4) is 0 Å². The van der Waals surface area contributed by atoms with Crippen molar-refractivity contribution in [2.75, 3.05) is 7.11 Å². The smallest absolute Gasteiger partial charge is 0.142 e. The summed E-state index contributed by atoms with van der Waals surface area (Å²) in [6.07, 6.45) is 3.44. The van der Waals surface area contributed by atoms with Crippen molar-refractivity contribution in [1.82, 2.24) is 9.97 Å². The highest BCUT2D eigenvalue weighted by Crippen LogP contribution is 2.31. The second-order valence-electron chi connectivity index (χ2n) is 3.59. The first kappa shape index (κ1) is 10.2. The van der Waals surface area contributed by atoms with Crippen molar-refractivity contribution in [3.63, 3.8) is 0 Å². The molecule has 1 aromatic carbocycles. The predicted molar refractivity (Wildman–Crippen MR) is 69.4 cm³/mol. The number of rotatable bonds is 2. The van der Waals surface area contributed by atoms with Crippen LogP contribution < -0.4 is 4.74 Å². The van der Waals surface area contributed by atoms with E-state index < -0.39 is 0 Å². The molecular weight excluding hydrogens is 232 g/mol. The molecule has 0 unspecified atom stereocenters. The van der Waals surface area contributed by atoms with Gasteiger partial charge in [-0.3, -0.25) is 4.98 Å². The second-order valence-corrected chi connectivity index (χ2v) is 4.45. The van der Waals surface area contributed by atoms with Gasteiger partial charge in [0.2, 0.25) is 0 Å². The van der Waals surface area contributed by atoms with Crippen LogP contribution in [0.1, 0.15) is 0 Å². The Morgan fingerprint density at radius 1 is 1.06 bits per heavy atom. The fourth-order valence-electron chi connectivity index (χ4n) is 1.74. The molecule has 0 bridgehead atoms. The van der Waals surface area contributed by atoms with Crippen LogP contribution in [0.5, 0.6) is 5.75 Å². The molecule has 0 spiro atoms. The molecule has 0 aliphatic heterocycles. The highest BCUT2D eigenvalue weighted by Gasteiger charge is 2.07. The van der Waals surface area contributed by atoms with E-state index in [4.69, 9.17) is 4.74 Å². The van der Waals surface area contributed by atoms with Crippen LogP contribution in [-0.2, 0) is 0 Å². The summed E-state index contributed by atoms with van der Waals surface area (Å²) in [5.41, 5.74) is 3.22. The standard InChI is InChI=1S/C13H10N2OS/c1-16-10-4-2-9(3-5-10)11-8-17-13-12(11)14-6-7-15-13/h2-8H,1H3. The molecule has 0 aliphatic carbocycles. The van der Waals surface area contributed by atoms with Crippen LogP contribution in [0.15, 0.2) is 42.0 Å². The number of methoxy groups -OCH3 is 1. The Morgan fingerprint density at radius 3 is 2.59 bits per heavy atom. The highest BCUT2D eigenvalue weighted by molar-refractivity contribution is 7.17. The number of ether oxygens (including phenoxy) is 1. The molecule has 17 heavy (non-hydrogen) atoms. The van der Waals surface area contributed by atoms with Crippen molar-refractivity contribution < 1.29 is 4.74 Å². The number of benzene rings is 1. The lowest BCUT2D eigenvalue weighted by atomic mass is 10.1. The lowest BCUT2D eigenvalue weighted by Crippen LogP contribution is -1.83. The van der Waals surface area contributed by atoms with Crippen molar-refractivity contribution in [2.24, 2.45) is 0 Å². The Kier molecular flexibility index (Phi) is 2.49. The van der Waals surface area contributed by atoms with Gasteiger partial charge < -0.3 is 4.74 Å². The molecule has 2 heterocycles. The molecule has 0 radical (unpaired) electrons. The maximum Gasteiger partial charge on any atom is 0.142 e. The average molecular weight is 242 g/mol.